The first-order valence-electron chi connectivity index (χ1n) is 4.41. The number of hydrogen-bond acceptors (Lipinski definition) is 3. The van der Waals surface area contributed by atoms with E-state index in [1.54, 1.807) is 24.4 Å². The highest BCUT2D eigenvalue weighted by molar-refractivity contribution is 6.44. The highest BCUT2D eigenvalue weighted by atomic mass is 35.5. The Bertz CT molecular complexity index is 558. The molecule has 0 radical (unpaired) electrons. The fraction of sp³-hybridized carbons (Fsp3) is 0.100. The molecule has 0 aliphatic carbocycles. The average molecular weight is 257 g/mol. The lowest BCUT2D eigenvalue weighted by atomic mass is 10.1. The number of rotatable bonds is 2. The van der Waals surface area contributed by atoms with E-state index in [4.69, 9.17) is 23.2 Å². The largest absolute Gasteiger partial charge is 0.284 e. The Morgan fingerprint density at radius 2 is 2.06 bits per heavy atom. The molecule has 1 heterocycles. The molecule has 0 aliphatic heterocycles. The number of alkyl halides is 2. The van der Waals surface area contributed by atoms with E-state index in [1.165, 1.54) is 6.07 Å². The first-order valence-corrected chi connectivity index (χ1v) is 5.28. The maximum absolute atomic E-state index is 11.0. The van der Waals surface area contributed by atoms with Crippen molar-refractivity contribution < 1.29 is 4.92 Å². The molecule has 0 N–H and O–H groups in total. The van der Waals surface area contributed by atoms with Crippen LogP contribution >= 0.6 is 23.2 Å². The fourth-order valence-electron chi connectivity index (χ4n) is 1.53. The zero-order chi connectivity index (χ0) is 11.7. The molecule has 4 nitrogen and oxygen atoms in total. The van der Waals surface area contributed by atoms with Crippen LogP contribution in [0, 0.1) is 10.1 Å². The Labute approximate surface area is 101 Å². The molecule has 1 aromatic heterocycles. The second kappa shape index (κ2) is 4.23. The summed E-state index contributed by atoms with van der Waals surface area (Å²) in [5.41, 5.74) is 0.751. The van der Waals surface area contributed by atoms with Crippen molar-refractivity contribution in [2.24, 2.45) is 0 Å². The van der Waals surface area contributed by atoms with Crippen LogP contribution < -0.4 is 0 Å². The number of fused-ring (bicyclic) bond motifs is 1. The van der Waals surface area contributed by atoms with E-state index in [0.717, 1.165) is 0 Å². The summed E-state index contributed by atoms with van der Waals surface area (Å²) in [7, 11) is 0. The van der Waals surface area contributed by atoms with Crippen molar-refractivity contribution in [1.29, 1.82) is 0 Å². The molecule has 0 fully saturated rings. The van der Waals surface area contributed by atoms with Gasteiger partial charge in [-0.25, -0.2) is 0 Å². The summed E-state index contributed by atoms with van der Waals surface area (Å²) in [4.78, 5) is 13.6. The summed E-state index contributed by atoms with van der Waals surface area (Å²) in [5, 5.41) is 11.4. The van der Waals surface area contributed by atoms with E-state index in [9.17, 15) is 10.1 Å². The Hall–Kier alpha value is -1.39. The molecule has 2 rings (SSSR count). The quantitative estimate of drug-likeness (QED) is 0.469. The van der Waals surface area contributed by atoms with Crippen LogP contribution in [0.4, 0.5) is 5.69 Å². The van der Waals surface area contributed by atoms with Crippen molar-refractivity contribution in [1.82, 2.24) is 4.98 Å². The number of pyridine rings is 1. The number of nitro benzene ring substituents is 1. The molecule has 0 amide bonds. The predicted octanol–water partition coefficient (Wildman–Crippen LogP) is 3.62. The van der Waals surface area contributed by atoms with Crippen molar-refractivity contribution in [2.75, 3.05) is 0 Å². The molecule has 0 saturated carbocycles. The second-order valence-electron chi connectivity index (χ2n) is 3.13. The van der Waals surface area contributed by atoms with Gasteiger partial charge in [0.05, 0.1) is 21.4 Å². The number of nitrogens with zero attached hydrogens (tertiary/aromatic N) is 2. The zero-order valence-corrected chi connectivity index (χ0v) is 9.44. The molecule has 82 valence electrons. The lowest BCUT2D eigenvalue weighted by Crippen LogP contribution is -1.96. The van der Waals surface area contributed by atoms with Crippen LogP contribution in [0.25, 0.3) is 10.9 Å². The minimum atomic E-state index is -0.926. The topological polar surface area (TPSA) is 56.0 Å². The Morgan fingerprint density at radius 1 is 1.31 bits per heavy atom. The smallest absolute Gasteiger partial charge is 0.258 e. The highest BCUT2D eigenvalue weighted by Crippen LogP contribution is 2.36. The maximum Gasteiger partial charge on any atom is 0.284 e. The molecule has 0 aliphatic rings. The van der Waals surface area contributed by atoms with Crippen molar-refractivity contribution >= 4 is 39.8 Å². The van der Waals surface area contributed by atoms with Gasteiger partial charge in [0, 0.05) is 6.20 Å². The van der Waals surface area contributed by atoms with Gasteiger partial charge in [-0.05, 0) is 24.3 Å². The second-order valence-corrected chi connectivity index (χ2v) is 4.23. The van der Waals surface area contributed by atoms with Crippen LogP contribution in [0.15, 0.2) is 30.5 Å². The van der Waals surface area contributed by atoms with E-state index < -0.39 is 9.76 Å². The summed E-state index contributed by atoms with van der Waals surface area (Å²) < 4.78 is 0. The molecule has 6 heteroatoms. The van der Waals surface area contributed by atoms with E-state index >= 15 is 0 Å². The SMILES string of the molecule is O=[N+]([O-])c1c(C(Cl)Cl)ccc2ncccc12. The van der Waals surface area contributed by atoms with Gasteiger partial charge in [-0.15, -0.1) is 0 Å². The monoisotopic (exact) mass is 256 g/mol. The van der Waals surface area contributed by atoms with Gasteiger partial charge in [0.15, 0.2) is 0 Å². The standard InChI is InChI=1S/C10H6Cl2N2O2/c11-10(12)7-3-4-8-6(2-1-5-13-8)9(7)14(15)16/h1-5,10H. The van der Waals surface area contributed by atoms with Gasteiger partial charge in [0.2, 0.25) is 0 Å². The third-order valence-corrected chi connectivity index (χ3v) is 2.68. The summed E-state index contributed by atoms with van der Waals surface area (Å²) in [5.74, 6) is 0. The summed E-state index contributed by atoms with van der Waals surface area (Å²) >= 11 is 11.4. The van der Waals surface area contributed by atoms with Crippen molar-refractivity contribution in [3.63, 3.8) is 0 Å². The minimum absolute atomic E-state index is 0.0828. The number of benzene rings is 1. The van der Waals surface area contributed by atoms with Gasteiger partial charge in [0.25, 0.3) is 5.69 Å². The zero-order valence-electron chi connectivity index (χ0n) is 7.93. The van der Waals surface area contributed by atoms with Gasteiger partial charge >= 0.3 is 0 Å². The summed E-state index contributed by atoms with van der Waals surface area (Å²) in [6, 6.07) is 6.45. The van der Waals surface area contributed by atoms with Crippen LogP contribution in [-0.2, 0) is 0 Å². The van der Waals surface area contributed by atoms with E-state index in [-0.39, 0.29) is 11.3 Å². The first-order chi connectivity index (χ1) is 7.61. The molecular formula is C10H6Cl2N2O2. The van der Waals surface area contributed by atoms with Crippen molar-refractivity contribution in [3.8, 4) is 0 Å². The highest BCUT2D eigenvalue weighted by Gasteiger charge is 2.22. The molecule has 2 aromatic rings. The molecule has 0 bridgehead atoms. The minimum Gasteiger partial charge on any atom is -0.258 e. The number of halogens is 2. The van der Waals surface area contributed by atoms with Crippen LogP contribution in [-0.4, -0.2) is 9.91 Å². The van der Waals surface area contributed by atoms with E-state index in [2.05, 4.69) is 4.98 Å². The Kier molecular flexibility index (Phi) is 2.94. The third kappa shape index (κ3) is 1.81. The van der Waals surface area contributed by atoms with Crippen LogP contribution in [0.3, 0.4) is 0 Å². The van der Waals surface area contributed by atoms with Crippen molar-refractivity contribution in [2.45, 2.75) is 4.84 Å². The molecule has 0 atom stereocenters. The first kappa shape index (κ1) is 11.1. The lowest BCUT2D eigenvalue weighted by Gasteiger charge is -2.05. The number of hydrogen-bond donors (Lipinski definition) is 0. The molecular weight excluding hydrogens is 251 g/mol. The molecule has 0 unspecified atom stereocenters. The molecule has 16 heavy (non-hydrogen) atoms. The van der Waals surface area contributed by atoms with Gasteiger partial charge < -0.3 is 0 Å². The van der Waals surface area contributed by atoms with Gasteiger partial charge in [0.1, 0.15) is 4.84 Å². The Morgan fingerprint density at radius 3 is 2.69 bits per heavy atom. The number of nitro groups is 1. The number of aromatic nitrogens is 1. The fourth-order valence-corrected chi connectivity index (χ4v) is 1.89. The predicted molar refractivity (Wildman–Crippen MR) is 62.8 cm³/mol. The van der Waals surface area contributed by atoms with Crippen LogP contribution in [0.5, 0.6) is 0 Å². The van der Waals surface area contributed by atoms with Gasteiger partial charge in [-0.3, -0.25) is 15.1 Å². The average Bonchev–Trinajstić information content (AvgIpc) is 2.27. The molecule has 1 aromatic carbocycles. The van der Waals surface area contributed by atoms with E-state index in [0.29, 0.717) is 10.9 Å². The molecule has 0 spiro atoms. The van der Waals surface area contributed by atoms with Gasteiger partial charge in [-0.1, -0.05) is 23.2 Å². The maximum atomic E-state index is 11.0. The Balaban J connectivity index is 2.84. The van der Waals surface area contributed by atoms with Crippen molar-refractivity contribution in [3.05, 3.63) is 46.1 Å². The lowest BCUT2D eigenvalue weighted by molar-refractivity contribution is -0.383. The normalized spacial score (nSPS) is 10.9. The summed E-state index contributed by atoms with van der Waals surface area (Å²) in [6.07, 6.45) is 1.57. The van der Waals surface area contributed by atoms with Crippen LogP contribution in [0.1, 0.15) is 10.4 Å². The van der Waals surface area contributed by atoms with E-state index in [1.807, 2.05) is 0 Å². The molecule has 0 saturated heterocycles. The van der Waals surface area contributed by atoms with Crippen LogP contribution in [0.2, 0.25) is 0 Å². The van der Waals surface area contributed by atoms with Gasteiger partial charge in [-0.2, -0.15) is 0 Å². The third-order valence-electron chi connectivity index (χ3n) is 2.21. The summed E-state index contributed by atoms with van der Waals surface area (Å²) in [6.45, 7) is 0.